The molecule has 0 fully saturated rings. The molecule has 1 amide bonds. The Hall–Kier alpha value is -4.57. The van der Waals surface area contributed by atoms with Gasteiger partial charge in [-0.2, -0.15) is 10.2 Å². The number of fused-ring (bicyclic) bond motifs is 2. The summed E-state index contributed by atoms with van der Waals surface area (Å²) in [7, 11) is 1.58. The number of rotatable bonds is 6. The van der Waals surface area contributed by atoms with E-state index in [4.69, 9.17) is 9.15 Å². The van der Waals surface area contributed by atoms with Gasteiger partial charge in [-0.25, -0.2) is 10.1 Å². The number of amides is 1. The van der Waals surface area contributed by atoms with Gasteiger partial charge in [0.15, 0.2) is 0 Å². The predicted molar refractivity (Wildman–Crippen MR) is 144 cm³/mol. The summed E-state index contributed by atoms with van der Waals surface area (Å²) in [6.07, 6.45) is 2.47. The zero-order chi connectivity index (χ0) is 25.9. The Morgan fingerprint density at radius 1 is 1.08 bits per heavy atom. The van der Waals surface area contributed by atoms with Crippen molar-refractivity contribution in [2.75, 3.05) is 7.11 Å². The molecule has 3 aromatic carbocycles. The first-order valence-electron chi connectivity index (χ1n) is 11.1. The Labute approximate surface area is 218 Å². The van der Waals surface area contributed by atoms with Crippen molar-refractivity contribution in [3.63, 3.8) is 0 Å². The Kier molecular flexibility index (Phi) is 6.65. The summed E-state index contributed by atoms with van der Waals surface area (Å²) in [4.78, 5) is 38.3. The second-order valence-corrected chi connectivity index (χ2v) is 8.95. The summed E-state index contributed by atoms with van der Waals surface area (Å²) in [6.45, 7) is -0.372. The van der Waals surface area contributed by atoms with Gasteiger partial charge in [-0.3, -0.25) is 14.4 Å². The molecule has 0 atom stereocenters. The van der Waals surface area contributed by atoms with Crippen molar-refractivity contribution in [1.29, 1.82) is 0 Å². The maximum Gasteiger partial charge on any atom is 0.275 e. The minimum absolute atomic E-state index is 0.161. The molecule has 0 aliphatic rings. The third kappa shape index (κ3) is 4.91. The molecule has 2 heterocycles. The molecule has 0 spiro atoms. The van der Waals surface area contributed by atoms with Crippen LogP contribution in [0.5, 0.6) is 5.75 Å². The Morgan fingerprint density at radius 2 is 1.84 bits per heavy atom. The van der Waals surface area contributed by atoms with E-state index < -0.39 is 11.5 Å². The molecule has 2 aromatic heterocycles. The lowest BCUT2D eigenvalue weighted by atomic mass is 10.0. The van der Waals surface area contributed by atoms with E-state index >= 15 is 0 Å². The lowest BCUT2D eigenvalue weighted by molar-refractivity contribution is -0.121. The average molecular weight is 559 g/mol. The smallest absolute Gasteiger partial charge is 0.275 e. The van der Waals surface area contributed by atoms with Gasteiger partial charge in [-0.15, -0.1) is 0 Å². The van der Waals surface area contributed by atoms with E-state index in [9.17, 15) is 14.4 Å². The number of hydrazone groups is 1. The SMILES string of the molecule is COc1ccc(-c2nn(CC(=O)N/N=C/c3coc4ccc(Br)cc4c3=O)c(=O)c3ccccc23)cc1. The highest BCUT2D eigenvalue weighted by molar-refractivity contribution is 9.10. The van der Waals surface area contributed by atoms with Gasteiger partial charge in [0.2, 0.25) is 5.43 Å². The first kappa shape index (κ1) is 24.1. The molecule has 0 aliphatic heterocycles. The molecule has 1 N–H and O–H groups in total. The van der Waals surface area contributed by atoms with Crippen LogP contribution >= 0.6 is 15.9 Å². The minimum Gasteiger partial charge on any atom is -0.497 e. The average Bonchev–Trinajstić information content (AvgIpc) is 2.92. The quantitative estimate of drug-likeness (QED) is 0.248. The molecule has 0 bridgehead atoms. The number of hydrogen-bond donors (Lipinski definition) is 1. The topological polar surface area (TPSA) is 116 Å². The molecule has 37 heavy (non-hydrogen) atoms. The van der Waals surface area contributed by atoms with E-state index in [-0.39, 0.29) is 17.5 Å². The minimum atomic E-state index is -0.588. The number of nitrogens with one attached hydrogen (secondary N) is 1. The normalized spacial score (nSPS) is 11.3. The molecular formula is C27H19BrN4O5. The van der Waals surface area contributed by atoms with Crippen LogP contribution in [0.4, 0.5) is 0 Å². The zero-order valence-electron chi connectivity index (χ0n) is 19.5. The number of hydrogen-bond acceptors (Lipinski definition) is 7. The summed E-state index contributed by atoms with van der Waals surface area (Å²) < 4.78 is 12.5. The van der Waals surface area contributed by atoms with E-state index in [1.807, 2.05) is 24.3 Å². The fraction of sp³-hybridized carbons (Fsp3) is 0.0741. The zero-order valence-corrected chi connectivity index (χ0v) is 21.1. The number of nitrogens with zero attached hydrogens (tertiary/aromatic N) is 3. The predicted octanol–water partition coefficient (Wildman–Crippen LogP) is 4.09. The van der Waals surface area contributed by atoms with Crippen LogP contribution < -0.4 is 21.2 Å². The molecule has 184 valence electrons. The lowest BCUT2D eigenvalue weighted by Gasteiger charge is -2.11. The van der Waals surface area contributed by atoms with Gasteiger partial charge in [0.25, 0.3) is 11.5 Å². The monoisotopic (exact) mass is 558 g/mol. The largest absolute Gasteiger partial charge is 0.497 e. The fourth-order valence-corrected chi connectivity index (χ4v) is 4.22. The van der Waals surface area contributed by atoms with Gasteiger partial charge in [0.05, 0.1) is 35.4 Å². The molecule has 0 saturated carbocycles. The lowest BCUT2D eigenvalue weighted by Crippen LogP contribution is -2.32. The maximum atomic E-state index is 13.0. The summed E-state index contributed by atoms with van der Waals surface area (Å²) in [5.74, 6) is 0.0986. The van der Waals surface area contributed by atoms with Gasteiger partial charge < -0.3 is 9.15 Å². The molecule has 0 unspecified atom stereocenters. The third-order valence-corrected chi connectivity index (χ3v) is 6.17. The number of carbonyl (C=O) groups is 1. The van der Waals surface area contributed by atoms with Gasteiger partial charge in [-0.1, -0.05) is 34.1 Å². The highest BCUT2D eigenvalue weighted by Gasteiger charge is 2.14. The molecule has 9 nitrogen and oxygen atoms in total. The fourth-order valence-electron chi connectivity index (χ4n) is 3.86. The Bertz CT molecular complexity index is 1790. The van der Waals surface area contributed by atoms with Crippen molar-refractivity contribution in [1.82, 2.24) is 15.2 Å². The highest BCUT2D eigenvalue weighted by Crippen LogP contribution is 2.26. The number of ether oxygens (including phenoxy) is 1. The van der Waals surface area contributed by atoms with Gasteiger partial charge >= 0.3 is 0 Å². The van der Waals surface area contributed by atoms with Crippen molar-refractivity contribution >= 4 is 49.8 Å². The van der Waals surface area contributed by atoms with E-state index in [0.29, 0.717) is 33.2 Å². The van der Waals surface area contributed by atoms with E-state index in [2.05, 4.69) is 31.6 Å². The van der Waals surface area contributed by atoms with Crippen LogP contribution in [0.1, 0.15) is 5.56 Å². The number of halogens is 1. The molecule has 0 radical (unpaired) electrons. The van der Waals surface area contributed by atoms with Crippen LogP contribution in [0.15, 0.2) is 96.6 Å². The van der Waals surface area contributed by atoms with Crippen molar-refractivity contribution in [2.24, 2.45) is 5.10 Å². The van der Waals surface area contributed by atoms with E-state index in [0.717, 1.165) is 14.7 Å². The Balaban J connectivity index is 1.41. The molecule has 0 aliphatic carbocycles. The molecule has 5 rings (SSSR count). The van der Waals surface area contributed by atoms with Crippen LogP contribution in [-0.2, 0) is 11.3 Å². The van der Waals surface area contributed by atoms with E-state index in [1.165, 1.54) is 12.5 Å². The van der Waals surface area contributed by atoms with Gasteiger partial charge in [0.1, 0.15) is 24.1 Å². The Morgan fingerprint density at radius 3 is 2.59 bits per heavy atom. The van der Waals surface area contributed by atoms with Crippen molar-refractivity contribution < 1.29 is 13.9 Å². The maximum absolute atomic E-state index is 13.0. The van der Waals surface area contributed by atoms with Crippen LogP contribution in [0, 0.1) is 0 Å². The molecule has 0 saturated heterocycles. The van der Waals surface area contributed by atoms with Crippen molar-refractivity contribution in [3.05, 3.63) is 104 Å². The summed E-state index contributed by atoms with van der Waals surface area (Å²) in [6, 6.07) is 19.4. The summed E-state index contributed by atoms with van der Waals surface area (Å²) in [5, 5.41) is 9.81. The second-order valence-electron chi connectivity index (χ2n) is 8.04. The van der Waals surface area contributed by atoms with Crippen molar-refractivity contribution in [3.8, 4) is 17.0 Å². The van der Waals surface area contributed by atoms with E-state index in [1.54, 1.807) is 49.6 Å². The first-order chi connectivity index (χ1) is 17.9. The number of benzene rings is 3. The van der Waals surface area contributed by atoms with Crippen LogP contribution in [0.2, 0.25) is 0 Å². The second kappa shape index (κ2) is 10.2. The third-order valence-electron chi connectivity index (χ3n) is 5.68. The first-order valence-corrected chi connectivity index (χ1v) is 11.9. The standard InChI is InChI=1S/C27H19BrN4O5/c1-36-19-9-6-16(7-10-19)25-20-4-2-3-5-21(20)27(35)32(31-25)14-24(33)30-29-13-17-15-37-23-11-8-18(28)12-22(23)26(17)34/h2-13,15H,14H2,1H3,(H,30,33)/b29-13+. The van der Waals surface area contributed by atoms with Gasteiger partial charge in [-0.05, 0) is 48.5 Å². The van der Waals surface area contributed by atoms with Crippen LogP contribution in [0.25, 0.3) is 33.0 Å². The highest BCUT2D eigenvalue weighted by atomic mass is 79.9. The molecule has 10 heteroatoms. The van der Waals surface area contributed by atoms with Crippen molar-refractivity contribution in [2.45, 2.75) is 6.54 Å². The number of aromatic nitrogens is 2. The summed E-state index contributed by atoms with van der Waals surface area (Å²) in [5.41, 5.74) is 3.54. The molecular weight excluding hydrogens is 540 g/mol. The van der Waals surface area contributed by atoms with Crippen LogP contribution in [0.3, 0.4) is 0 Å². The van der Waals surface area contributed by atoms with Gasteiger partial charge in [0, 0.05) is 15.4 Å². The van der Waals surface area contributed by atoms with Crippen LogP contribution in [-0.4, -0.2) is 29.0 Å². The summed E-state index contributed by atoms with van der Waals surface area (Å²) >= 11 is 3.33. The molecule has 5 aromatic rings. The number of methoxy groups -OCH3 is 1. The number of carbonyl (C=O) groups excluding carboxylic acids is 1.